The first-order chi connectivity index (χ1) is 15.0. The molecule has 0 bridgehead atoms. The molecule has 0 spiro atoms. The van der Waals surface area contributed by atoms with Crippen LogP contribution in [0.25, 0.3) is 0 Å². The number of hydrogen-bond donors (Lipinski definition) is 1. The van der Waals surface area contributed by atoms with Gasteiger partial charge in [0, 0.05) is 17.3 Å². The zero-order valence-corrected chi connectivity index (χ0v) is 20.5. The molecule has 0 radical (unpaired) electrons. The summed E-state index contributed by atoms with van der Waals surface area (Å²) in [5, 5.41) is 4.11. The highest BCUT2D eigenvalue weighted by Gasteiger charge is 2.26. The highest BCUT2D eigenvalue weighted by molar-refractivity contribution is 9.09. The van der Waals surface area contributed by atoms with Crippen molar-refractivity contribution in [3.63, 3.8) is 0 Å². The van der Waals surface area contributed by atoms with Crippen LogP contribution in [-0.4, -0.2) is 24.5 Å². The average molecular weight is 490 g/mol. The molecular formula is C26H36BrNO3. The molecule has 0 heterocycles. The summed E-state index contributed by atoms with van der Waals surface area (Å²) in [6.45, 7) is 5.98. The van der Waals surface area contributed by atoms with Crippen LogP contribution in [0.5, 0.6) is 11.5 Å². The van der Waals surface area contributed by atoms with Crippen molar-refractivity contribution in [1.29, 1.82) is 0 Å². The van der Waals surface area contributed by atoms with E-state index >= 15 is 0 Å². The third-order valence-corrected chi connectivity index (χ3v) is 5.81. The second-order valence-corrected chi connectivity index (χ2v) is 9.22. The van der Waals surface area contributed by atoms with Crippen molar-refractivity contribution in [1.82, 2.24) is 5.32 Å². The molecule has 0 unspecified atom stereocenters. The van der Waals surface area contributed by atoms with Gasteiger partial charge in [0.15, 0.2) is 0 Å². The summed E-state index contributed by atoms with van der Waals surface area (Å²) in [7, 11) is 0. The Morgan fingerprint density at radius 1 is 0.839 bits per heavy atom. The Hall–Kier alpha value is -2.01. The Morgan fingerprint density at radius 3 is 2.00 bits per heavy atom. The lowest BCUT2D eigenvalue weighted by Gasteiger charge is -2.23. The number of hydrogen-bond acceptors (Lipinski definition) is 3. The minimum atomic E-state index is -0.387. The molecule has 0 saturated carbocycles. The van der Waals surface area contributed by atoms with E-state index in [0.29, 0.717) is 13.2 Å². The minimum absolute atomic E-state index is 0.0973. The van der Waals surface area contributed by atoms with Crippen LogP contribution in [0.15, 0.2) is 54.6 Å². The van der Waals surface area contributed by atoms with E-state index in [2.05, 4.69) is 21.2 Å². The average Bonchev–Trinajstić information content (AvgIpc) is 2.78. The van der Waals surface area contributed by atoms with Crippen molar-refractivity contribution in [3.05, 3.63) is 60.2 Å². The fourth-order valence-corrected chi connectivity index (χ4v) is 3.58. The maximum Gasteiger partial charge on any atom is 0.225 e. The quantitative estimate of drug-likeness (QED) is 0.228. The number of unbranched alkanes of at least 4 members (excludes halogenated alkanes) is 3. The summed E-state index contributed by atoms with van der Waals surface area (Å²) in [6, 6.07) is 17.8. The maximum absolute atomic E-state index is 12.5. The van der Waals surface area contributed by atoms with Crippen LogP contribution in [0.3, 0.4) is 0 Å². The molecule has 2 aromatic carbocycles. The molecule has 0 aliphatic carbocycles. The van der Waals surface area contributed by atoms with Crippen molar-refractivity contribution >= 4 is 21.8 Å². The maximum atomic E-state index is 12.5. The number of halogens is 1. The lowest BCUT2D eigenvalue weighted by Crippen LogP contribution is -2.36. The number of nitrogens with one attached hydrogen (secondary N) is 1. The summed E-state index contributed by atoms with van der Waals surface area (Å²) in [5.74, 6) is 1.83. The predicted octanol–water partition coefficient (Wildman–Crippen LogP) is 6.52. The molecule has 1 amide bonds. The van der Waals surface area contributed by atoms with E-state index in [-0.39, 0.29) is 11.3 Å². The highest BCUT2D eigenvalue weighted by atomic mass is 79.9. The summed E-state index contributed by atoms with van der Waals surface area (Å²) in [6.07, 6.45) is 6.13. The number of carbonyl (C=O) groups excluding carboxylic acids is 1. The summed E-state index contributed by atoms with van der Waals surface area (Å²) in [5.41, 5.74) is 0.730. The van der Waals surface area contributed by atoms with E-state index in [9.17, 15) is 4.79 Å². The molecule has 2 rings (SSSR count). The SMILES string of the molecule is CC(C)(CCCCOc1ccc(OCCCCCBr)cc1)C(=O)NCc1ccccc1. The summed E-state index contributed by atoms with van der Waals surface area (Å²) < 4.78 is 11.6. The Labute approximate surface area is 195 Å². The van der Waals surface area contributed by atoms with Gasteiger partial charge in [-0.15, -0.1) is 0 Å². The largest absolute Gasteiger partial charge is 0.494 e. The monoisotopic (exact) mass is 489 g/mol. The van der Waals surface area contributed by atoms with Gasteiger partial charge in [0.1, 0.15) is 11.5 Å². The van der Waals surface area contributed by atoms with E-state index in [1.165, 1.54) is 12.8 Å². The van der Waals surface area contributed by atoms with Gasteiger partial charge in [0.05, 0.1) is 13.2 Å². The van der Waals surface area contributed by atoms with Crippen molar-refractivity contribution in [2.24, 2.45) is 5.41 Å². The van der Waals surface area contributed by atoms with Crippen LogP contribution < -0.4 is 14.8 Å². The predicted molar refractivity (Wildman–Crippen MR) is 131 cm³/mol. The van der Waals surface area contributed by atoms with Crippen molar-refractivity contribution in [2.45, 2.75) is 58.9 Å². The van der Waals surface area contributed by atoms with Crippen LogP contribution in [-0.2, 0) is 11.3 Å². The van der Waals surface area contributed by atoms with Crippen LogP contribution in [0.1, 0.15) is 57.9 Å². The van der Waals surface area contributed by atoms with Gasteiger partial charge in [-0.3, -0.25) is 4.79 Å². The first kappa shape index (κ1) is 25.3. The minimum Gasteiger partial charge on any atom is -0.494 e. The molecule has 4 nitrogen and oxygen atoms in total. The van der Waals surface area contributed by atoms with Crippen molar-refractivity contribution < 1.29 is 14.3 Å². The highest BCUT2D eigenvalue weighted by Crippen LogP contribution is 2.24. The zero-order valence-electron chi connectivity index (χ0n) is 18.9. The lowest BCUT2D eigenvalue weighted by molar-refractivity contribution is -0.129. The second kappa shape index (κ2) is 14.1. The van der Waals surface area contributed by atoms with E-state index in [1.54, 1.807) is 0 Å². The topological polar surface area (TPSA) is 47.6 Å². The first-order valence-corrected chi connectivity index (χ1v) is 12.4. The summed E-state index contributed by atoms with van der Waals surface area (Å²) >= 11 is 3.44. The molecule has 1 N–H and O–H groups in total. The molecule has 0 aromatic heterocycles. The molecule has 0 saturated heterocycles. The van der Waals surface area contributed by atoms with E-state index < -0.39 is 0 Å². The number of benzene rings is 2. The third kappa shape index (κ3) is 10.2. The van der Waals surface area contributed by atoms with Gasteiger partial charge in [0.25, 0.3) is 0 Å². The fourth-order valence-electron chi connectivity index (χ4n) is 3.19. The molecule has 0 fully saturated rings. The van der Waals surface area contributed by atoms with Crippen LogP contribution in [0.2, 0.25) is 0 Å². The molecule has 5 heteroatoms. The van der Waals surface area contributed by atoms with Crippen molar-refractivity contribution in [2.75, 3.05) is 18.5 Å². The number of alkyl halides is 1. The fraction of sp³-hybridized carbons (Fsp3) is 0.500. The van der Waals surface area contributed by atoms with Gasteiger partial charge < -0.3 is 14.8 Å². The smallest absolute Gasteiger partial charge is 0.225 e. The lowest BCUT2D eigenvalue weighted by atomic mass is 9.86. The van der Waals surface area contributed by atoms with E-state index in [0.717, 1.165) is 54.7 Å². The van der Waals surface area contributed by atoms with Crippen LogP contribution >= 0.6 is 15.9 Å². The Balaban J connectivity index is 1.59. The van der Waals surface area contributed by atoms with Gasteiger partial charge >= 0.3 is 0 Å². The van der Waals surface area contributed by atoms with Gasteiger partial charge in [-0.2, -0.15) is 0 Å². The number of ether oxygens (including phenoxy) is 2. The zero-order chi connectivity index (χ0) is 22.4. The van der Waals surface area contributed by atoms with E-state index in [4.69, 9.17) is 9.47 Å². The molecule has 0 aliphatic rings. The van der Waals surface area contributed by atoms with Crippen LogP contribution in [0, 0.1) is 5.41 Å². The normalized spacial score (nSPS) is 11.2. The summed E-state index contributed by atoms with van der Waals surface area (Å²) in [4.78, 5) is 12.5. The number of carbonyl (C=O) groups is 1. The molecule has 2 aromatic rings. The van der Waals surface area contributed by atoms with Crippen LogP contribution in [0.4, 0.5) is 0 Å². The van der Waals surface area contributed by atoms with Gasteiger partial charge in [-0.25, -0.2) is 0 Å². The Bertz CT molecular complexity index is 747. The molecular weight excluding hydrogens is 454 g/mol. The first-order valence-electron chi connectivity index (χ1n) is 11.2. The number of amides is 1. The Morgan fingerprint density at radius 2 is 1.42 bits per heavy atom. The molecule has 31 heavy (non-hydrogen) atoms. The number of rotatable bonds is 15. The van der Waals surface area contributed by atoms with E-state index in [1.807, 2.05) is 68.4 Å². The molecule has 170 valence electrons. The third-order valence-electron chi connectivity index (χ3n) is 5.25. The standard InChI is InChI=1S/C26H36BrNO3/c1-26(2,25(29)28-21-22-11-5-3-6-12-22)17-7-10-20-31-24-15-13-23(14-16-24)30-19-9-4-8-18-27/h3,5-6,11-16H,4,7-10,17-21H2,1-2H3,(H,28,29). The van der Waals surface area contributed by atoms with Crippen molar-refractivity contribution in [3.8, 4) is 11.5 Å². The molecule has 0 atom stereocenters. The van der Waals surface area contributed by atoms with Gasteiger partial charge in [-0.1, -0.05) is 60.1 Å². The Kier molecular flexibility index (Phi) is 11.5. The second-order valence-electron chi connectivity index (χ2n) is 8.43. The van der Waals surface area contributed by atoms with Gasteiger partial charge in [-0.05, 0) is 68.4 Å². The van der Waals surface area contributed by atoms with Gasteiger partial charge in [0.2, 0.25) is 5.91 Å². The molecule has 0 aliphatic heterocycles.